The summed E-state index contributed by atoms with van der Waals surface area (Å²) in [6, 6.07) is 10.6. The molecule has 0 unspecified atom stereocenters. The van der Waals surface area contributed by atoms with E-state index >= 15 is 0 Å². The Morgan fingerprint density at radius 1 is 1.25 bits per heavy atom. The van der Waals surface area contributed by atoms with Gasteiger partial charge in [-0.25, -0.2) is 0 Å². The lowest BCUT2D eigenvalue weighted by atomic mass is 9.98. The minimum absolute atomic E-state index is 0.0496. The first kappa shape index (κ1) is 11.2. The summed E-state index contributed by atoms with van der Waals surface area (Å²) in [5.74, 6) is 0. The lowest BCUT2D eigenvalue weighted by Crippen LogP contribution is -2.31. The van der Waals surface area contributed by atoms with E-state index in [1.807, 2.05) is 0 Å². The molecule has 0 saturated carbocycles. The number of rotatable bonds is 4. The number of nitrogens with two attached hydrogens (primary N) is 1. The molecule has 0 aliphatic rings. The van der Waals surface area contributed by atoms with Crippen LogP contribution in [0.1, 0.15) is 32.4 Å². The van der Waals surface area contributed by atoms with Crippen LogP contribution < -0.4 is 5.73 Å². The van der Waals surface area contributed by atoms with Crippen LogP contribution in [0.4, 0.5) is 0 Å². The highest BCUT2D eigenvalue weighted by molar-refractivity contribution is 5.80. The molecular formula is C14H20N2. The number of aryl methyl sites for hydroxylation is 1. The zero-order chi connectivity index (χ0) is 11.6. The van der Waals surface area contributed by atoms with E-state index in [1.165, 1.54) is 16.6 Å². The molecule has 86 valence electrons. The Bertz CT molecular complexity index is 430. The van der Waals surface area contributed by atoms with Crippen LogP contribution in [-0.4, -0.2) is 10.5 Å². The quantitative estimate of drug-likeness (QED) is 0.809. The van der Waals surface area contributed by atoms with Crippen LogP contribution in [0.2, 0.25) is 0 Å². The van der Waals surface area contributed by atoms with Crippen LogP contribution in [0, 0.1) is 0 Å². The molecule has 0 atom stereocenters. The van der Waals surface area contributed by atoms with E-state index in [2.05, 4.69) is 49.2 Å². The van der Waals surface area contributed by atoms with Crippen molar-refractivity contribution in [3.63, 3.8) is 0 Å². The van der Waals surface area contributed by atoms with Crippen LogP contribution in [0.5, 0.6) is 0 Å². The molecule has 1 aromatic carbocycles. The number of hydrogen-bond donors (Lipinski definition) is 2. The first-order chi connectivity index (χ1) is 7.54. The summed E-state index contributed by atoms with van der Waals surface area (Å²) in [5.41, 5.74) is 8.45. The predicted octanol–water partition coefficient (Wildman–Crippen LogP) is 3.23. The van der Waals surface area contributed by atoms with E-state index in [4.69, 9.17) is 5.73 Å². The van der Waals surface area contributed by atoms with Crippen molar-refractivity contribution < 1.29 is 0 Å². The van der Waals surface area contributed by atoms with Gasteiger partial charge < -0.3 is 10.7 Å². The number of benzene rings is 1. The molecule has 16 heavy (non-hydrogen) atoms. The van der Waals surface area contributed by atoms with Gasteiger partial charge in [-0.05, 0) is 50.6 Å². The number of aromatic amines is 1. The topological polar surface area (TPSA) is 41.8 Å². The van der Waals surface area contributed by atoms with Crippen molar-refractivity contribution in [2.24, 2.45) is 5.73 Å². The Kier molecular flexibility index (Phi) is 3.01. The molecule has 0 spiro atoms. The number of para-hydroxylation sites is 1. The summed E-state index contributed by atoms with van der Waals surface area (Å²) in [6.07, 6.45) is 3.27. The van der Waals surface area contributed by atoms with Gasteiger partial charge in [0, 0.05) is 16.7 Å². The number of H-pyrrole nitrogens is 1. The Balaban J connectivity index is 2.00. The van der Waals surface area contributed by atoms with Gasteiger partial charge in [-0.2, -0.15) is 0 Å². The van der Waals surface area contributed by atoms with Gasteiger partial charge in [-0.3, -0.25) is 0 Å². The zero-order valence-corrected chi connectivity index (χ0v) is 10.1. The van der Waals surface area contributed by atoms with Crippen LogP contribution in [0.15, 0.2) is 30.3 Å². The van der Waals surface area contributed by atoms with Crippen molar-refractivity contribution in [3.05, 3.63) is 36.0 Å². The summed E-state index contributed by atoms with van der Waals surface area (Å²) in [4.78, 5) is 3.44. The first-order valence-corrected chi connectivity index (χ1v) is 5.90. The summed E-state index contributed by atoms with van der Waals surface area (Å²) in [7, 11) is 0. The molecule has 0 aliphatic heterocycles. The maximum atomic E-state index is 5.96. The first-order valence-electron chi connectivity index (χ1n) is 5.90. The smallest absolute Gasteiger partial charge is 0.0456 e. The van der Waals surface area contributed by atoms with Crippen LogP contribution in [-0.2, 0) is 6.42 Å². The summed E-state index contributed by atoms with van der Waals surface area (Å²) < 4.78 is 0. The molecule has 1 aromatic heterocycles. The predicted molar refractivity (Wildman–Crippen MR) is 69.5 cm³/mol. The molecular weight excluding hydrogens is 196 g/mol. The van der Waals surface area contributed by atoms with Gasteiger partial charge in [0.05, 0.1) is 0 Å². The molecule has 0 amide bonds. The number of fused-ring (bicyclic) bond motifs is 1. The average Bonchev–Trinajstić information content (AvgIpc) is 2.57. The molecule has 2 nitrogen and oxygen atoms in total. The summed E-state index contributed by atoms with van der Waals surface area (Å²) in [5, 5.41) is 1.30. The van der Waals surface area contributed by atoms with E-state index in [0.29, 0.717) is 0 Å². The minimum atomic E-state index is -0.0496. The van der Waals surface area contributed by atoms with Crippen molar-refractivity contribution in [1.82, 2.24) is 4.98 Å². The molecule has 0 bridgehead atoms. The Hall–Kier alpha value is -1.28. The van der Waals surface area contributed by atoms with Gasteiger partial charge in [0.1, 0.15) is 0 Å². The second-order valence-electron chi connectivity index (χ2n) is 5.22. The molecule has 0 saturated heterocycles. The number of nitrogens with one attached hydrogen (secondary N) is 1. The van der Waals surface area contributed by atoms with Gasteiger partial charge in [-0.1, -0.05) is 18.2 Å². The van der Waals surface area contributed by atoms with Crippen LogP contribution in [0.3, 0.4) is 0 Å². The second kappa shape index (κ2) is 4.30. The van der Waals surface area contributed by atoms with E-state index in [-0.39, 0.29) is 5.54 Å². The van der Waals surface area contributed by atoms with Gasteiger partial charge in [0.2, 0.25) is 0 Å². The Morgan fingerprint density at radius 2 is 2.00 bits per heavy atom. The minimum Gasteiger partial charge on any atom is -0.358 e. The van der Waals surface area contributed by atoms with Crippen LogP contribution >= 0.6 is 0 Å². The Morgan fingerprint density at radius 3 is 2.69 bits per heavy atom. The molecule has 0 aliphatic carbocycles. The SMILES string of the molecule is CC(C)(N)CCCc1cc2ccccc2[nH]1. The molecule has 3 N–H and O–H groups in total. The van der Waals surface area contributed by atoms with Crippen molar-refractivity contribution in [2.45, 2.75) is 38.6 Å². The van der Waals surface area contributed by atoms with Gasteiger partial charge >= 0.3 is 0 Å². The monoisotopic (exact) mass is 216 g/mol. The van der Waals surface area contributed by atoms with Crippen molar-refractivity contribution in [2.75, 3.05) is 0 Å². The van der Waals surface area contributed by atoms with E-state index in [1.54, 1.807) is 0 Å². The van der Waals surface area contributed by atoms with E-state index < -0.39 is 0 Å². The third kappa shape index (κ3) is 2.86. The Labute approximate surface area is 96.9 Å². The number of aromatic nitrogens is 1. The third-order valence-corrected chi connectivity index (χ3v) is 2.85. The van der Waals surface area contributed by atoms with Gasteiger partial charge in [0.25, 0.3) is 0 Å². The lowest BCUT2D eigenvalue weighted by Gasteiger charge is -2.17. The fraction of sp³-hybridized carbons (Fsp3) is 0.429. The summed E-state index contributed by atoms with van der Waals surface area (Å²) in [6.45, 7) is 4.16. The zero-order valence-electron chi connectivity index (χ0n) is 10.1. The van der Waals surface area contributed by atoms with Crippen molar-refractivity contribution in [1.29, 1.82) is 0 Å². The molecule has 0 fully saturated rings. The maximum absolute atomic E-state index is 5.96. The largest absolute Gasteiger partial charge is 0.358 e. The third-order valence-electron chi connectivity index (χ3n) is 2.85. The molecule has 0 radical (unpaired) electrons. The highest BCUT2D eigenvalue weighted by Gasteiger charge is 2.10. The highest BCUT2D eigenvalue weighted by Crippen LogP contribution is 2.17. The summed E-state index contributed by atoms with van der Waals surface area (Å²) >= 11 is 0. The van der Waals surface area contributed by atoms with Crippen molar-refractivity contribution in [3.8, 4) is 0 Å². The standard InChI is InChI=1S/C14H20N2/c1-14(2,15)9-5-7-12-10-11-6-3-4-8-13(11)16-12/h3-4,6,8,10,16H,5,7,9,15H2,1-2H3. The average molecular weight is 216 g/mol. The molecule has 2 heteroatoms. The van der Waals surface area contributed by atoms with Gasteiger partial charge in [-0.15, -0.1) is 0 Å². The molecule has 2 rings (SSSR count). The fourth-order valence-corrected chi connectivity index (χ4v) is 2.00. The van der Waals surface area contributed by atoms with Crippen LogP contribution in [0.25, 0.3) is 10.9 Å². The fourth-order valence-electron chi connectivity index (χ4n) is 2.00. The normalized spacial score (nSPS) is 12.2. The second-order valence-corrected chi connectivity index (χ2v) is 5.22. The molecule has 2 aromatic rings. The lowest BCUT2D eigenvalue weighted by molar-refractivity contribution is 0.458. The maximum Gasteiger partial charge on any atom is 0.0456 e. The van der Waals surface area contributed by atoms with Crippen molar-refractivity contribution >= 4 is 10.9 Å². The number of hydrogen-bond acceptors (Lipinski definition) is 1. The highest BCUT2D eigenvalue weighted by atomic mass is 14.7. The van der Waals surface area contributed by atoms with Gasteiger partial charge in [0.15, 0.2) is 0 Å². The van der Waals surface area contributed by atoms with E-state index in [9.17, 15) is 0 Å². The van der Waals surface area contributed by atoms with E-state index in [0.717, 1.165) is 19.3 Å². The molecule has 1 heterocycles.